The molecule has 2 N–H and O–H groups in total. The molecule has 1 radical (unpaired) electrons. The summed E-state index contributed by atoms with van der Waals surface area (Å²) >= 11 is 4.63. The van der Waals surface area contributed by atoms with Gasteiger partial charge in [0.25, 0.3) is 0 Å². The van der Waals surface area contributed by atoms with Gasteiger partial charge in [0.1, 0.15) is 0 Å². The summed E-state index contributed by atoms with van der Waals surface area (Å²) in [4.78, 5) is 0.526. The van der Waals surface area contributed by atoms with Crippen LogP contribution in [0.2, 0.25) is 0 Å². The van der Waals surface area contributed by atoms with Gasteiger partial charge in [0.2, 0.25) is 0 Å². The van der Waals surface area contributed by atoms with E-state index in [9.17, 15) is 0 Å². The first-order valence-corrected chi connectivity index (χ1v) is 3.31. The van der Waals surface area contributed by atoms with Gasteiger partial charge in [-0.15, -0.1) is 0 Å². The van der Waals surface area contributed by atoms with Gasteiger partial charge in [0, 0.05) is 6.42 Å². The van der Waals surface area contributed by atoms with Crippen molar-refractivity contribution in [2.24, 2.45) is 5.73 Å². The number of hydrogen-bond acceptors (Lipinski definition) is 1. The van der Waals surface area contributed by atoms with Crippen LogP contribution in [0.3, 0.4) is 0 Å². The zero-order valence-corrected chi connectivity index (χ0v) is 6.00. The van der Waals surface area contributed by atoms with Gasteiger partial charge in [-0.1, -0.05) is 32.0 Å². The standard InChI is InChI=1S/C6H12NS/c1-2-3-4-5-6(7)8/h5H,2-4H2,1H3,(H2,7,8). The van der Waals surface area contributed by atoms with E-state index in [1.807, 2.05) is 6.42 Å². The van der Waals surface area contributed by atoms with Crippen molar-refractivity contribution in [1.82, 2.24) is 0 Å². The average Bonchev–Trinajstić information content (AvgIpc) is 1.66. The quantitative estimate of drug-likeness (QED) is 0.462. The van der Waals surface area contributed by atoms with Crippen LogP contribution in [0.5, 0.6) is 0 Å². The van der Waals surface area contributed by atoms with Crippen molar-refractivity contribution in [3.8, 4) is 0 Å². The predicted octanol–water partition coefficient (Wildman–Crippen LogP) is 1.67. The molecule has 0 aliphatic heterocycles. The Kier molecular flexibility index (Phi) is 4.97. The molecule has 0 fully saturated rings. The zero-order chi connectivity index (χ0) is 6.41. The van der Waals surface area contributed by atoms with Crippen molar-refractivity contribution in [1.29, 1.82) is 0 Å². The Labute approximate surface area is 56.3 Å². The normalized spacial score (nSPS) is 9.12. The molecule has 0 spiro atoms. The topological polar surface area (TPSA) is 26.0 Å². The second-order valence-corrected chi connectivity index (χ2v) is 2.22. The van der Waals surface area contributed by atoms with Crippen molar-refractivity contribution in [2.75, 3.05) is 0 Å². The molecule has 0 rings (SSSR count). The van der Waals surface area contributed by atoms with Crippen molar-refractivity contribution < 1.29 is 0 Å². The smallest absolute Gasteiger partial charge is 0.0765 e. The average molecular weight is 130 g/mol. The van der Waals surface area contributed by atoms with Gasteiger partial charge in [-0.2, -0.15) is 0 Å². The van der Waals surface area contributed by atoms with Crippen molar-refractivity contribution >= 4 is 17.2 Å². The molecule has 0 aliphatic rings. The molecule has 0 aromatic heterocycles. The van der Waals surface area contributed by atoms with E-state index in [0.29, 0.717) is 4.99 Å². The summed E-state index contributed by atoms with van der Waals surface area (Å²) in [5.74, 6) is 0. The van der Waals surface area contributed by atoms with Gasteiger partial charge in [0.05, 0.1) is 4.99 Å². The van der Waals surface area contributed by atoms with Crippen LogP contribution in [-0.4, -0.2) is 4.99 Å². The summed E-state index contributed by atoms with van der Waals surface area (Å²) < 4.78 is 0. The maximum Gasteiger partial charge on any atom is 0.0765 e. The minimum atomic E-state index is 0.526. The summed E-state index contributed by atoms with van der Waals surface area (Å²) in [6, 6.07) is 0. The maximum atomic E-state index is 5.21. The van der Waals surface area contributed by atoms with E-state index in [-0.39, 0.29) is 0 Å². The Bertz CT molecular complexity index is 70.9. The number of thiocarbonyl (C=S) groups is 1. The molecule has 1 nitrogen and oxygen atoms in total. The van der Waals surface area contributed by atoms with E-state index in [2.05, 4.69) is 19.1 Å². The molecule has 47 valence electrons. The second kappa shape index (κ2) is 5.04. The van der Waals surface area contributed by atoms with E-state index in [0.717, 1.165) is 6.42 Å². The predicted molar refractivity (Wildman–Crippen MR) is 40.6 cm³/mol. The maximum absolute atomic E-state index is 5.21. The fourth-order valence-electron chi connectivity index (χ4n) is 0.448. The van der Waals surface area contributed by atoms with Crippen LogP contribution >= 0.6 is 12.2 Å². The summed E-state index contributed by atoms with van der Waals surface area (Å²) in [5.41, 5.74) is 5.21. The highest BCUT2D eigenvalue weighted by molar-refractivity contribution is 7.80. The highest BCUT2D eigenvalue weighted by Crippen LogP contribution is 1.96. The van der Waals surface area contributed by atoms with Crippen LogP contribution in [0, 0.1) is 6.42 Å². The third kappa shape index (κ3) is 5.89. The monoisotopic (exact) mass is 130 g/mol. The molecule has 0 saturated carbocycles. The second-order valence-electron chi connectivity index (χ2n) is 1.75. The number of hydrogen-bond donors (Lipinski definition) is 1. The van der Waals surface area contributed by atoms with Gasteiger partial charge in [-0.25, -0.2) is 0 Å². The Morgan fingerprint density at radius 1 is 1.75 bits per heavy atom. The third-order valence-corrected chi connectivity index (χ3v) is 1.07. The highest BCUT2D eigenvalue weighted by atomic mass is 32.1. The van der Waals surface area contributed by atoms with Crippen LogP contribution in [0.15, 0.2) is 0 Å². The molecule has 2 heteroatoms. The van der Waals surface area contributed by atoms with Crippen LogP contribution in [0.1, 0.15) is 26.2 Å². The molecule has 0 aromatic carbocycles. The number of rotatable bonds is 4. The van der Waals surface area contributed by atoms with E-state index >= 15 is 0 Å². The van der Waals surface area contributed by atoms with Crippen molar-refractivity contribution in [2.45, 2.75) is 26.2 Å². The molecule has 0 atom stereocenters. The van der Waals surface area contributed by atoms with E-state index in [1.54, 1.807) is 0 Å². The Balaban J connectivity index is 2.82. The lowest BCUT2D eigenvalue weighted by Crippen LogP contribution is -2.07. The van der Waals surface area contributed by atoms with Gasteiger partial charge in [-0.3, -0.25) is 0 Å². The first kappa shape index (κ1) is 7.89. The van der Waals surface area contributed by atoms with Gasteiger partial charge < -0.3 is 5.73 Å². The van der Waals surface area contributed by atoms with Crippen molar-refractivity contribution in [3.05, 3.63) is 6.42 Å². The van der Waals surface area contributed by atoms with Crippen LogP contribution in [0.25, 0.3) is 0 Å². The molecule has 0 saturated heterocycles. The Morgan fingerprint density at radius 3 is 2.75 bits per heavy atom. The lowest BCUT2D eigenvalue weighted by molar-refractivity contribution is 0.801. The molecule has 8 heavy (non-hydrogen) atoms. The van der Waals surface area contributed by atoms with E-state index < -0.39 is 0 Å². The summed E-state index contributed by atoms with van der Waals surface area (Å²) in [6.45, 7) is 2.15. The third-order valence-electron chi connectivity index (χ3n) is 0.903. The van der Waals surface area contributed by atoms with Gasteiger partial charge in [-0.05, 0) is 6.42 Å². The molecule has 0 aliphatic carbocycles. The van der Waals surface area contributed by atoms with Gasteiger partial charge in [0.15, 0.2) is 0 Å². The summed E-state index contributed by atoms with van der Waals surface area (Å²) in [5, 5.41) is 0. The molecule has 0 aromatic rings. The van der Waals surface area contributed by atoms with E-state index in [4.69, 9.17) is 5.73 Å². The number of unbranched alkanes of at least 4 members (excludes halogenated alkanes) is 2. The van der Waals surface area contributed by atoms with Crippen molar-refractivity contribution in [3.63, 3.8) is 0 Å². The Morgan fingerprint density at radius 2 is 2.38 bits per heavy atom. The highest BCUT2D eigenvalue weighted by Gasteiger charge is 1.87. The van der Waals surface area contributed by atoms with Crippen LogP contribution < -0.4 is 5.73 Å². The minimum absolute atomic E-state index is 0.526. The lowest BCUT2D eigenvalue weighted by Gasteiger charge is -1.92. The SMILES string of the molecule is CCCC[CH]C(N)=S. The summed E-state index contributed by atoms with van der Waals surface area (Å²) in [6.07, 6.45) is 5.32. The minimum Gasteiger partial charge on any atom is -0.393 e. The fraction of sp³-hybridized carbons (Fsp3) is 0.667. The Hall–Kier alpha value is -0.110. The number of nitrogens with two attached hydrogens (primary N) is 1. The lowest BCUT2D eigenvalue weighted by atomic mass is 10.2. The molecule has 0 heterocycles. The van der Waals surface area contributed by atoms with Crippen LogP contribution in [-0.2, 0) is 0 Å². The summed E-state index contributed by atoms with van der Waals surface area (Å²) in [7, 11) is 0. The molecule has 0 unspecified atom stereocenters. The molecule has 0 bridgehead atoms. The largest absolute Gasteiger partial charge is 0.393 e. The van der Waals surface area contributed by atoms with E-state index in [1.165, 1.54) is 12.8 Å². The fourth-order valence-corrected chi connectivity index (χ4v) is 0.566. The first-order chi connectivity index (χ1) is 3.77. The van der Waals surface area contributed by atoms with Crippen LogP contribution in [0.4, 0.5) is 0 Å². The van der Waals surface area contributed by atoms with Gasteiger partial charge >= 0.3 is 0 Å². The molecular formula is C6H12NS. The zero-order valence-electron chi connectivity index (χ0n) is 5.18. The molecular weight excluding hydrogens is 118 g/mol. The first-order valence-electron chi connectivity index (χ1n) is 2.90. The molecule has 0 amide bonds.